The molecule has 2 aromatic rings. The lowest BCUT2D eigenvalue weighted by Crippen LogP contribution is -2.09. The van der Waals surface area contributed by atoms with Crippen molar-refractivity contribution in [1.82, 2.24) is 5.16 Å². The Hall–Kier alpha value is -1.47. The summed E-state index contributed by atoms with van der Waals surface area (Å²) in [6.07, 6.45) is 3.30. The minimum Gasteiger partial charge on any atom is -0.360 e. The smallest absolute Gasteiger partial charge is 0.360 e. The SMILES string of the molecule is O=[S+]Cc1c(C(=O)c2cnoc2C2CC2)ccc(Br)c1F. The Morgan fingerprint density at radius 1 is 1.43 bits per heavy atom. The number of halogens is 2. The summed E-state index contributed by atoms with van der Waals surface area (Å²) in [7, 11) is 0. The fourth-order valence-corrected chi connectivity index (χ4v) is 2.98. The standard InChI is InChI=1S/C14H10BrFNO3S/c15-11-4-3-8(10(6-21-19)12(11)16)13(18)9-5-17-20-14(9)7-1-2-7/h3-5,7H,1-2,6H2/q+1. The first-order valence-corrected chi connectivity index (χ1v) is 8.04. The summed E-state index contributed by atoms with van der Waals surface area (Å²) in [6.45, 7) is 0. The number of carbonyl (C=O) groups excluding carboxylic acids is 1. The highest BCUT2D eigenvalue weighted by Crippen LogP contribution is 2.42. The zero-order chi connectivity index (χ0) is 15.0. The number of carbonyl (C=O) groups is 1. The Labute approximate surface area is 132 Å². The molecule has 4 nitrogen and oxygen atoms in total. The molecule has 0 atom stereocenters. The summed E-state index contributed by atoms with van der Waals surface area (Å²) in [5, 5.41) is 3.68. The molecular formula is C14H10BrFNO3S+. The average Bonchev–Trinajstić information content (AvgIpc) is 3.21. The molecular weight excluding hydrogens is 361 g/mol. The maximum atomic E-state index is 14.1. The largest absolute Gasteiger partial charge is 0.463 e. The molecule has 21 heavy (non-hydrogen) atoms. The molecule has 7 heteroatoms. The monoisotopic (exact) mass is 370 g/mol. The van der Waals surface area contributed by atoms with Crippen LogP contribution < -0.4 is 0 Å². The summed E-state index contributed by atoms with van der Waals surface area (Å²) in [5.74, 6) is -0.258. The normalized spacial score (nSPS) is 14.2. The Morgan fingerprint density at radius 2 is 2.19 bits per heavy atom. The van der Waals surface area contributed by atoms with Crippen LogP contribution in [0.3, 0.4) is 0 Å². The number of ketones is 1. The average molecular weight is 371 g/mol. The number of hydrogen-bond donors (Lipinski definition) is 0. The van der Waals surface area contributed by atoms with Crippen LogP contribution in [0.15, 0.2) is 27.3 Å². The molecule has 0 N–H and O–H groups in total. The van der Waals surface area contributed by atoms with E-state index in [2.05, 4.69) is 21.1 Å². The van der Waals surface area contributed by atoms with E-state index in [1.54, 1.807) is 0 Å². The molecule has 1 heterocycles. The summed E-state index contributed by atoms with van der Waals surface area (Å²) < 4.78 is 30.3. The van der Waals surface area contributed by atoms with Crippen molar-refractivity contribution in [3.05, 3.63) is 51.1 Å². The van der Waals surface area contributed by atoms with Crippen LogP contribution in [0.25, 0.3) is 0 Å². The van der Waals surface area contributed by atoms with Crippen molar-refractivity contribution in [2.45, 2.75) is 24.5 Å². The zero-order valence-electron chi connectivity index (χ0n) is 10.8. The lowest BCUT2D eigenvalue weighted by atomic mass is 9.98. The number of hydrogen-bond acceptors (Lipinski definition) is 4. The van der Waals surface area contributed by atoms with Crippen LogP contribution >= 0.6 is 15.9 Å². The number of benzene rings is 1. The molecule has 0 bridgehead atoms. The van der Waals surface area contributed by atoms with E-state index in [1.165, 1.54) is 18.3 Å². The second-order valence-corrected chi connectivity index (χ2v) is 6.24. The summed E-state index contributed by atoms with van der Waals surface area (Å²) in [6, 6.07) is 2.98. The van der Waals surface area contributed by atoms with Gasteiger partial charge in [0.05, 0.1) is 21.8 Å². The van der Waals surface area contributed by atoms with E-state index in [9.17, 15) is 13.4 Å². The molecule has 3 rings (SSSR count). The molecule has 0 unspecified atom stereocenters. The molecule has 1 aliphatic carbocycles. The summed E-state index contributed by atoms with van der Waals surface area (Å²) in [5.41, 5.74) is 0.651. The molecule has 1 aliphatic rings. The van der Waals surface area contributed by atoms with E-state index in [-0.39, 0.29) is 44.7 Å². The predicted molar refractivity (Wildman–Crippen MR) is 77.8 cm³/mol. The van der Waals surface area contributed by atoms with Crippen molar-refractivity contribution < 1.29 is 17.9 Å². The molecule has 0 saturated heterocycles. The third kappa shape index (κ3) is 2.67. The van der Waals surface area contributed by atoms with Gasteiger partial charge in [0, 0.05) is 15.7 Å². The van der Waals surface area contributed by atoms with Crippen molar-refractivity contribution in [3.8, 4) is 0 Å². The van der Waals surface area contributed by atoms with Crippen molar-refractivity contribution in [2.75, 3.05) is 0 Å². The van der Waals surface area contributed by atoms with Gasteiger partial charge in [0.2, 0.25) is 0 Å². The van der Waals surface area contributed by atoms with E-state index < -0.39 is 5.82 Å². The van der Waals surface area contributed by atoms with Crippen molar-refractivity contribution in [2.24, 2.45) is 0 Å². The Kier molecular flexibility index (Phi) is 3.95. The van der Waals surface area contributed by atoms with Gasteiger partial charge in [-0.2, -0.15) is 0 Å². The molecule has 0 aliphatic heterocycles. The van der Waals surface area contributed by atoms with E-state index in [4.69, 9.17) is 4.52 Å². The van der Waals surface area contributed by atoms with Crippen LogP contribution in [0.1, 0.15) is 46.0 Å². The number of nitrogens with zero attached hydrogens (tertiary/aromatic N) is 1. The van der Waals surface area contributed by atoms with Crippen LogP contribution in [0, 0.1) is 5.82 Å². The van der Waals surface area contributed by atoms with Crippen LogP contribution in [0.5, 0.6) is 0 Å². The molecule has 1 saturated carbocycles. The highest BCUT2D eigenvalue weighted by atomic mass is 79.9. The van der Waals surface area contributed by atoms with Gasteiger partial charge in [-0.15, -0.1) is 0 Å². The van der Waals surface area contributed by atoms with Crippen LogP contribution in [0.2, 0.25) is 0 Å². The van der Waals surface area contributed by atoms with Gasteiger partial charge in [0.15, 0.2) is 11.5 Å². The molecule has 0 amide bonds. The molecule has 1 fully saturated rings. The van der Waals surface area contributed by atoms with Gasteiger partial charge in [-0.1, -0.05) is 5.16 Å². The summed E-state index contributed by atoms with van der Waals surface area (Å²) >= 11 is 3.29. The second-order valence-electron chi connectivity index (χ2n) is 4.86. The highest BCUT2D eigenvalue weighted by molar-refractivity contribution is 9.10. The summed E-state index contributed by atoms with van der Waals surface area (Å²) in [4.78, 5) is 12.6. The Bertz CT molecular complexity index is 727. The van der Waals surface area contributed by atoms with Crippen LogP contribution in [-0.4, -0.2) is 10.9 Å². The minimum atomic E-state index is -0.575. The van der Waals surface area contributed by atoms with Crippen molar-refractivity contribution in [3.63, 3.8) is 0 Å². The first-order valence-electron chi connectivity index (χ1n) is 6.34. The number of aromatic nitrogens is 1. The maximum Gasteiger partial charge on any atom is 0.463 e. The molecule has 1 aromatic carbocycles. The quantitative estimate of drug-likeness (QED) is 0.595. The Morgan fingerprint density at radius 3 is 2.86 bits per heavy atom. The van der Waals surface area contributed by atoms with Gasteiger partial charge in [-0.3, -0.25) is 4.79 Å². The fourth-order valence-electron chi connectivity index (χ4n) is 2.21. The van der Waals surface area contributed by atoms with Gasteiger partial charge in [-0.25, -0.2) is 4.39 Å². The van der Waals surface area contributed by atoms with E-state index in [1.807, 2.05) is 0 Å². The second kappa shape index (κ2) is 5.73. The van der Waals surface area contributed by atoms with Crippen LogP contribution in [-0.2, 0) is 21.6 Å². The minimum absolute atomic E-state index is 0.109. The van der Waals surface area contributed by atoms with Crippen LogP contribution in [0.4, 0.5) is 4.39 Å². The zero-order valence-corrected chi connectivity index (χ0v) is 13.2. The van der Waals surface area contributed by atoms with Gasteiger partial charge < -0.3 is 4.52 Å². The third-order valence-corrected chi connectivity index (χ3v) is 4.45. The van der Waals surface area contributed by atoms with E-state index in [0.29, 0.717) is 11.3 Å². The third-order valence-electron chi connectivity index (χ3n) is 3.44. The maximum absolute atomic E-state index is 14.1. The fraction of sp³-hybridized carbons (Fsp3) is 0.286. The molecule has 0 radical (unpaired) electrons. The molecule has 108 valence electrons. The van der Waals surface area contributed by atoms with Crippen molar-refractivity contribution >= 4 is 33.4 Å². The predicted octanol–water partition coefficient (Wildman–Crippen LogP) is 3.61. The lowest BCUT2D eigenvalue weighted by molar-refractivity contribution is 0.103. The Balaban J connectivity index is 2.06. The van der Waals surface area contributed by atoms with Gasteiger partial charge >= 0.3 is 11.7 Å². The van der Waals surface area contributed by atoms with E-state index >= 15 is 0 Å². The first kappa shape index (κ1) is 14.5. The van der Waals surface area contributed by atoms with Gasteiger partial charge in [0.1, 0.15) is 5.82 Å². The topological polar surface area (TPSA) is 60.2 Å². The first-order chi connectivity index (χ1) is 10.1. The van der Waals surface area contributed by atoms with E-state index in [0.717, 1.165) is 12.8 Å². The van der Waals surface area contributed by atoms with Crippen molar-refractivity contribution in [1.29, 1.82) is 0 Å². The highest BCUT2D eigenvalue weighted by Gasteiger charge is 2.34. The lowest BCUT2D eigenvalue weighted by Gasteiger charge is -2.06. The molecule has 1 aromatic heterocycles. The van der Waals surface area contributed by atoms with Gasteiger partial charge in [-0.05, 0) is 40.9 Å². The van der Waals surface area contributed by atoms with Gasteiger partial charge in [0.25, 0.3) is 5.75 Å². The number of rotatable bonds is 5. The molecule has 0 spiro atoms.